The SMILES string of the molecule is CCCCCCCCCCCC[SH](CCCCCCCCCCCC)CCOC(=O)C(Cc1cc(C(C)(C)C)c(O)c(C(C)(C)C)c1)C(=O)O. The molecule has 50 heavy (non-hydrogen) atoms. The Hall–Kier alpha value is -1.69. The minimum Gasteiger partial charge on any atom is -0.507 e. The van der Waals surface area contributed by atoms with Crippen molar-refractivity contribution in [2.45, 2.75) is 201 Å². The van der Waals surface area contributed by atoms with Gasteiger partial charge < -0.3 is 14.9 Å². The predicted molar refractivity (Wildman–Crippen MR) is 219 cm³/mol. The summed E-state index contributed by atoms with van der Waals surface area (Å²) in [6.07, 6.45) is 26.7. The van der Waals surface area contributed by atoms with Crippen LogP contribution in [0, 0.1) is 5.92 Å². The maximum absolute atomic E-state index is 13.2. The topological polar surface area (TPSA) is 83.8 Å². The number of phenolic OH excluding ortho intramolecular Hbond substituents is 1. The second-order valence-electron chi connectivity index (χ2n) is 17.0. The van der Waals surface area contributed by atoms with Crippen LogP contribution in [-0.2, 0) is 31.6 Å². The van der Waals surface area contributed by atoms with Gasteiger partial charge in [-0.05, 0) is 58.3 Å². The zero-order valence-electron chi connectivity index (χ0n) is 34.0. The molecule has 0 aliphatic carbocycles. The van der Waals surface area contributed by atoms with Gasteiger partial charge in [-0.15, -0.1) is 0 Å². The van der Waals surface area contributed by atoms with E-state index in [0.29, 0.717) is 6.61 Å². The van der Waals surface area contributed by atoms with Crippen LogP contribution >= 0.6 is 10.9 Å². The highest BCUT2D eigenvalue weighted by Crippen LogP contribution is 2.40. The van der Waals surface area contributed by atoms with Crippen molar-refractivity contribution in [1.29, 1.82) is 0 Å². The van der Waals surface area contributed by atoms with Crippen molar-refractivity contribution in [1.82, 2.24) is 0 Å². The first-order valence-corrected chi connectivity index (χ1v) is 22.6. The van der Waals surface area contributed by atoms with E-state index < -0.39 is 17.9 Å². The van der Waals surface area contributed by atoms with Crippen LogP contribution in [-0.4, -0.2) is 46.0 Å². The standard InChI is InChI=1S/C44H80O5S/c1-9-11-13-15-17-19-21-23-25-27-30-50(31-28-26-24-22-20-18-16-14-12-10-2)32-29-49-42(48)37(41(46)47)33-36-34-38(43(3,4)5)40(45)39(35-36)44(6,7)8/h34-35,37,45,50H,9-33H2,1-8H3,(H,46,47). The van der Waals surface area contributed by atoms with Crippen LogP contribution < -0.4 is 0 Å². The van der Waals surface area contributed by atoms with E-state index in [0.717, 1.165) is 22.4 Å². The smallest absolute Gasteiger partial charge is 0.320 e. The summed E-state index contributed by atoms with van der Waals surface area (Å²) in [5, 5.41) is 21.2. The van der Waals surface area contributed by atoms with E-state index in [1.54, 1.807) is 0 Å². The second kappa shape index (κ2) is 26.1. The first-order chi connectivity index (χ1) is 23.7. The van der Waals surface area contributed by atoms with E-state index in [1.165, 1.54) is 140 Å². The highest BCUT2D eigenvalue weighted by Gasteiger charge is 2.31. The van der Waals surface area contributed by atoms with Crippen LogP contribution in [0.2, 0.25) is 0 Å². The van der Waals surface area contributed by atoms with E-state index in [4.69, 9.17) is 4.74 Å². The molecule has 0 saturated carbocycles. The molecule has 0 bridgehead atoms. The fourth-order valence-corrected chi connectivity index (χ4v) is 9.18. The van der Waals surface area contributed by atoms with Crippen molar-refractivity contribution >= 4 is 22.8 Å². The number of hydrogen-bond acceptors (Lipinski definition) is 4. The van der Waals surface area contributed by atoms with Gasteiger partial charge in [-0.3, -0.25) is 20.5 Å². The highest BCUT2D eigenvalue weighted by atomic mass is 32.2. The molecule has 1 rings (SSSR count). The molecule has 2 N–H and O–H groups in total. The number of esters is 1. The van der Waals surface area contributed by atoms with Gasteiger partial charge in [-0.2, -0.15) is 0 Å². The molecule has 0 fully saturated rings. The Morgan fingerprint density at radius 2 is 0.980 bits per heavy atom. The first kappa shape index (κ1) is 46.3. The minimum absolute atomic E-state index is 0.0482. The van der Waals surface area contributed by atoms with E-state index in [1.807, 2.05) is 53.7 Å². The van der Waals surface area contributed by atoms with Gasteiger partial charge in [0, 0.05) is 5.75 Å². The molecule has 5 nitrogen and oxygen atoms in total. The molecule has 1 aromatic rings. The van der Waals surface area contributed by atoms with Gasteiger partial charge in [0.2, 0.25) is 0 Å². The van der Waals surface area contributed by atoms with E-state index in [-0.39, 0.29) is 33.9 Å². The second-order valence-corrected chi connectivity index (χ2v) is 19.7. The summed E-state index contributed by atoms with van der Waals surface area (Å²) < 4.78 is 5.73. The highest BCUT2D eigenvalue weighted by molar-refractivity contribution is 8.17. The summed E-state index contributed by atoms with van der Waals surface area (Å²) in [4.78, 5) is 25.6. The van der Waals surface area contributed by atoms with Gasteiger partial charge in [0.1, 0.15) is 5.75 Å². The van der Waals surface area contributed by atoms with Gasteiger partial charge in [0.05, 0.1) is 6.61 Å². The van der Waals surface area contributed by atoms with Crippen LogP contribution in [0.3, 0.4) is 0 Å². The Bertz CT molecular complexity index is 994. The lowest BCUT2D eigenvalue weighted by Crippen LogP contribution is -2.29. The molecule has 0 aliphatic heterocycles. The Balaban J connectivity index is 2.73. The Morgan fingerprint density at radius 1 is 0.620 bits per heavy atom. The summed E-state index contributed by atoms with van der Waals surface area (Å²) in [5.74, 6) is 0.494. The first-order valence-electron chi connectivity index (χ1n) is 20.7. The lowest BCUT2D eigenvalue weighted by molar-refractivity contribution is -0.158. The Morgan fingerprint density at radius 3 is 1.32 bits per heavy atom. The number of carbonyl (C=O) groups excluding carboxylic acids is 1. The Kier molecular flexibility index (Phi) is 24.2. The van der Waals surface area contributed by atoms with Crippen molar-refractivity contribution in [3.63, 3.8) is 0 Å². The molecule has 0 spiro atoms. The molecule has 0 aromatic heterocycles. The van der Waals surface area contributed by atoms with E-state index in [9.17, 15) is 19.8 Å². The fraction of sp³-hybridized carbons (Fsp3) is 0.818. The lowest BCUT2D eigenvalue weighted by Gasteiger charge is -2.28. The maximum atomic E-state index is 13.2. The van der Waals surface area contributed by atoms with Crippen LogP contribution in [0.25, 0.3) is 0 Å². The molecule has 0 saturated heterocycles. The number of thiol groups is 1. The molecule has 0 radical (unpaired) electrons. The van der Waals surface area contributed by atoms with Gasteiger partial charge in [0.15, 0.2) is 5.92 Å². The van der Waals surface area contributed by atoms with Crippen LogP contribution in [0.5, 0.6) is 5.75 Å². The molecular weight excluding hydrogens is 641 g/mol. The molecule has 1 atom stereocenters. The lowest BCUT2D eigenvalue weighted by atomic mass is 9.77. The van der Waals surface area contributed by atoms with Gasteiger partial charge in [0.25, 0.3) is 0 Å². The molecule has 292 valence electrons. The van der Waals surface area contributed by atoms with E-state index in [2.05, 4.69) is 13.8 Å². The fourth-order valence-electron chi connectivity index (χ4n) is 6.82. The molecular formula is C44H80O5S. The summed E-state index contributed by atoms with van der Waals surface area (Å²) in [6.45, 7) is 17.0. The number of carbonyl (C=O) groups is 2. The summed E-state index contributed by atoms with van der Waals surface area (Å²) in [7, 11) is -0.234. The number of hydrogen-bond donors (Lipinski definition) is 3. The average molecular weight is 721 g/mol. The van der Waals surface area contributed by atoms with Crippen molar-refractivity contribution < 1.29 is 24.5 Å². The number of carboxylic acids is 1. The molecule has 1 unspecified atom stereocenters. The van der Waals surface area contributed by atoms with Crippen molar-refractivity contribution in [2.75, 3.05) is 23.9 Å². The number of aromatic hydroxyl groups is 1. The number of benzene rings is 1. The van der Waals surface area contributed by atoms with Crippen molar-refractivity contribution in [3.8, 4) is 5.75 Å². The zero-order valence-corrected chi connectivity index (χ0v) is 34.9. The zero-order chi connectivity index (χ0) is 37.4. The molecule has 6 heteroatoms. The van der Waals surface area contributed by atoms with Crippen molar-refractivity contribution in [3.05, 3.63) is 28.8 Å². The average Bonchev–Trinajstić information content (AvgIpc) is 3.04. The summed E-state index contributed by atoms with van der Waals surface area (Å²) >= 11 is 0. The predicted octanol–water partition coefficient (Wildman–Crippen LogP) is 12.6. The molecule has 0 heterocycles. The van der Waals surface area contributed by atoms with E-state index >= 15 is 0 Å². The number of aliphatic carboxylic acids is 1. The maximum Gasteiger partial charge on any atom is 0.320 e. The summed E-state index contributed by atoms with van der Waals surface area (Å²) in [5.41, 5.74) is 1.60. The normalized spacial score (nSPS) is 13.0. The number of rotatable bonds is 29. The quantitative estimate of drug-likeness (QED) is 0.0332. The van der Waals surface area contributed by atoms with Gasteiger partial charge in [-0.25, -0.2) is 0 Å². The van der Waals surface area contributed by atoms with Gasteiger partial charge in [-0.1, -0.05) is 183 Å². The van der Waals surface area contributed by atoms with Crippen LogP contribution in [0.1, 0.15) is 200 Å². The number of phenols is 1. The monoisotopic (exact) mass is 721 g/mol. The summed E-state index contributed by atoms with van der Waals surface area (Å²) in [6, 6.07) is 3.73. The number of carboxylic acid groups (broad SMARTS) is 1. The third kappa shape index (κ3) is 20.4. The largest absolute Gasteiger partial charge is 0.507 e. The molecule has 0 aliphatic rings. The third-order valence-corrected chi connectivity index (χ3v) is 12.8. The van der Waals surface area contributed by atoms with Crippen LogP contribution in [0.15, 0.2) is 12.1 Å². The van der Waals surface area contributed by atoms with Crippen LogP contribution in [0.4, 0.5) is 0 Å². The molecule has 1 aromatic carbocycles. The number of ether oxygens (including phenoxy) is 1. The minimum atomic E-state index is -1.27. The third-order valence-electron chi connectivity index (χ3n) is 10.1. The Labute approximate surface area is 311 Å². The molecule has 0 amide bonds. The number of unbranched alkanes of at least 4 members (excludes halogenated alkanes) is 18. The van der Waals surface area contributed by atoms with Gasteiger partial charge >= 0.3 is 11.9 Å². The van der Waals surface area contributed by atoms with Crippen molar-refractivity contribution in [2.24, 2.45) is 5.92 Å².